The highest BCUT2D eigenvalue weighted by Gasteiger charge is 2.24. The Morgan fingerprint density at radius 2 is 1.86 bits per heavy atom. The summed E-state index contributed by atoms with van der Waals surface area (Å²) in [5.74, 6) is 0.837. The molecule has 0 spiro atoms. The molecule has 1 aliphatic heterocycles. The first kappa shape index (κ1) is 24.0. The van der Waals surface area contributed by atoms with Crippen LogP contribution in [0.2, 0.25) is 0 Å². The highest BCUT2D eigenvalue weighted by atomic mass is 16.5. The van der Waals surface area contributed by atoms with Crippen molar-refractivity contribution < 1.29 is 4.74 Å². The minimum atomic E-state index is 0.0778. The van der Waals surface area contributed by atoms with Gasteiger partial charge in [0.05, 0.1) is 35.5 Å². The molecule has 6 rings (SSSR count). The van der Waals surface area contributed by atoms with Gasteiger partial charge < -0.3 is 10.1 Å². The number of aromatic amines is 1. The maximum absolute atomic E-state index is 13.2. The molecule has 8 heteroatoms. The predicted molar refractivity (Wildman–Crippen MR) is 148 cm³/mol. The number of nitrogens with zero attached hydrogens (tertiary/aromatic N) is 4. The van der Waals surface area contributed by atoms with Gasteiger partial charge in [0.2, 0.25) is 0 Å². The second-order valence-corrected chi connectivity index (χ2v) is 10.4. The number of hydrogen-bond donors (Lipinski definition) is 2. The molecular formula is C29H36N6O2. The predicted octanol–water partition coefficient (Wildman–Crippen LogP) is 4.56. The Labute approximate surface area is 217 Å². The van der Waals surface area contributed by atoms with Gasteiger partial charge in [0, 0.05) is 44.8 Å². The second kappa shape index (κ2) is 10.2. The van der Waals surface area contributed by atoms with Crippen molar-refractivity contribution in [2.75, 3.05) is 44.7 Å². The van der Waals surface area contributed by atoms with Gasteiger partial charge in [-0.25, -0.2) is 4.79 Å². The standard InChI is InChI=1S/C29H36N6O2/c1-20-6-5-7-22(18-20)27-26(28(32-31-27)30-12-13-34-14-16-37-17-15-34)21-10-11-24-25(19-21)33(2)29(36)35(24)23-8-3-4-9-23/h5-7,10-11,18-19,23H,3-4,8-9,12-17H2,1-2H3,(H2,30,31,32). The van der Waals surface area contributed by atoms with Crippen molar-refractivity contribution in [2.24, 2.45) is 7.05 Å². The monoisotopic (exact) mass is 500 g/mol. The molecule has 1 saturated heterocycles. The lowest BCUT2D eigenvalue weighted by Gasteiger charge is -2.26. The fourth-order valence-corrected chi connectivity index (χ4v) is 5.95. The van der Waals surface area contributed by atoms with Crippen molar-refractivity contribution in [1.82, 2.24) is 24.2 Å². The van der Waals surface area contributed by atoms with Crippen LogP contribution in [0.1, 0.15) is 37.3 Å². The molecule has 8 nitrogen and oxygen atoms in total. The van der Waals surface area contributed by atoms with E-state index in [1.165, 1.54) is 18.4 Å². The van der Waals surface area contributed by atoms with Crippen LogP contribution in [0.25, 0.3) is 33.4 Å². The van der Waals surface area contributed by atoms with Gasteiger partial charge in [-0.05, 0) is 43.5 Å². The number of H-pyrrole nitrogens is 1. The number of ether oxygens (including phenoxy) is 1. The molecule has 1 aliphatic carbocycles. The molecule has 194 valence electrons. The molecule has 0 bridgehead atoms. The number of morpholine rings is 1. The molecule has 2 aromatic heterocycles. The number of nitrogens with one attached hydrogen (secondary N) is 2. The molecule has 37 heavy (non-hydrogen) atoms. The first-order valence-electron chi connectivity index (χ1n) is 13.5. The third-order valence-corrected chi connectivity index (χ3v) is 7.97. The van der Waals surface area contributed by atoms with Crippen LogP contribution >= 0.6 is 0 Å². The molecule has 2 N–H and O–H groups in total. The van der Waals surface area contributed by atoms with E-state index in [4.69, 9.17) is 9.84 Å². The lowest BCUT2D eigenvalue weighted by molar-refractivity contribution is 0.0398. The average molecular weight is 501 g/mol. The number of aromatic nitrogens is 4. The van der Waals surface area contributed by atoms with E-state index >= 15 is 0 Å². The maximum atomic E-state index is 13.2. The fourth-order valence-electron chi connectivity index (χ4n) is 5.95. The normalized spacial score (nSPS) is 17.1. The molecule has 1 saturated carbocycles. The number of benzene rings is 2. The summed E-state index contributed by atoms with van der Waals surface area (Å²) < 4.78 is 9.30. The van der Waals surface area contributed by atoms with Crippen LogP contribution in [0, 0.1) is 6.92 Å². The zero-order valence-corrected chi connectivity index (χ0v) is 21.8. The van der Waals surface area contributed by atoms with Crippen LogP contribution in [0.4, 0.5) is 5.82 Å². The van der Waals surface area contributed by atoms with Crippen LogP contribution in [0.15, 0.2) is 47.3 Å². The first-order valence-corrected chi connectivity index (χ1v) is 13.5. The maximum Gasteiger partial charge on any atom is 0.329 e. The van der Waals surface area contributed by atoms with E-state index in [-0.39, 0.29) is 5.69 Å². The largest absolute Gasteiger partial charge is 0.379 e. The summed E-state index contributed by atoms with van der Waals surface area (Å²) in [6, 6.07) is 15.2. The van der Waals surface area contributed by atoms with Crippen molar-refractivity contribution in [3.05, 3.63) is 58.5 Å². The van der Waals surface area contributed by atoms with Crippen LogP contribution in [-0.4, -0.2) is 63.6 Å². The van der Waals surface area contributed by atoms with Crippen molar-refractivity contribution >= 4 is 16.9 Å². The number of anilines is 1. The van der Waals surface area contributed by atoms with Gasteiger partial charge in [-0.3, -0.25) is 19.1 Å². The smallest absolute Gasteiger partial charge is 0.329 e. The third-order valence-electron chi connectivity index (χ3n) is 7.97. The molecule has 4 aromatic rings. The Balaban J connectivity index is 1.40. The zero-order chi connectivity index (χ0) is 25.4. The molecule has 0 atom stereocenters. The topological polar surface area (TPSA) is 80.1 Å². The van der Waals surface area contributed by atoms with E-state index in [1.807, 2.05) is 11.6 Å². The zero-order valence-electron chi connectivity index (χ0n) is 21.8. The van der Waals surface area contributed by atoms with Gasteiger partial charge in [-0.1, -0.05) is 42.7 Å². The summed E-state index contributed by atoms with van der Waals surface area (Å²) >= 11 is 0. The van der Waals surface area contributed by atoms with Crippen LogP contribution in [0.3, 0.4) is 0 Å². The summed E-state index contributed by atoms with van der Waals surface area (Å²) in [5, 5.41) is 11.6. The lowest BCUT2D eigenvalue weighted by atomic mass is 9.99. The van der Waals surface area contributed by atoms with E-state index in [9.17, 15) is 4.79 Å². The number of imidazole rings is 1. The molecule has 0 unspecified atom stereocenters. The molecule has 2 fully saturated rings. The Morgan fingerprint density at radius 1 is 1.05 bits per heavy atom. The number of aryl methyl sites for hydroxylation is 2. The van der Waals surface area contributed by atoms with Crippen molar-refractivity contribution in [1.29, 1.82) is 0 Å². The van der Waals surface area contributed by atoms with Gasteiger partial charge in [0.1, 0.15) is 0 Å². The van der Waals surface area contributed by atoms with E-state index < -0.39 is 0 Å². The Morgan fingerprint density at radius 3 is 2.65 bits per heavy atom. The SMILES string of the molecule is Cc1cccc(-c2[nH]nc(NCCN3CCOCC3)c2-c2ccc3c(c2)n(C)c(=O)n3C2CCCC2)c1. The van der Waals surface area contributed by atoms with E-state index in [1.54, 1.807) is 4.57 Å². The number of rotatable bonds is 7. The lowest BCUT2D eigenvalue weighted by Crippen LogP contribution is -2.39. The van der Waals surface area contributed by atoms with Crippen molar-refractivity contribution in [3.8, 4) is 22.4 Å². The first-order chi connectivity index (χ1) is 18.1. The molecule has 3 heterocycles. The van der Waals surface area contributed by atoms with Gasteiger partial charge in [0.25, 0.3) is 0 Å². The summed E-state index contributed by atoms with van der Waals surface area (Å²) in [7, 11) is 1.89. The number of hydrogen-bond acceptors (Lipinski definition) is 5. The van der Waals surface area contributed by atoms with E-state index in [2.05, 4.69) is 64.7 Å². The third kappa shape index (κ3) is 4.60. The van der Waals surface area contributed by atoms with Gasteiger partial charge in [0.15, 0.2) is 5.82 Å². The quantitative estimate of drug-likeness (QED) is 0.389. The Hall–Kier alpha value is -3.36. The molecular weight excluding hydrogens is 464 g/mol. The van der Waals surface area contributed by atoms with E-state index in [0.29, 0.717) is 6.04 Å². The summed E-state index contributed by atoms with van der Waals surface area (Å²) in [5.41, 5.74) is 7.43. The summed E-state index contributed by atoms with van der Waals surface area (Å²) in [6.45, 7) is 7.36. The minimum absolute atomic E-state index is 0.0778. The van der Waals surface area contributed by atoms with Crippen LogP contribution < -0.4 is 11.0 Å². The average Bonchev–Trinajstić information content (AvgIpc) is 3.64. The number of fused-ring (bicyclic) bond motifs is 1. The highest BCUT2D eigenvalue weighted by molar-refractivity contribution is 5.92. The molecule has 2 aliphatic rings. The Kier molecular flexibility index (Phi) is 6.61. The van der Waals surface area contributed by atoms with Crippen molar-refractivity contribution in [2.45, 2.75) is 38.6 Å². The summed E-state index contributed by atoms with van der Waals surface area (Å²) in [4.78, 5) is 15.7. The van der Waals surface area contributed by atoms with Crippen LogP contribution in [-0.2, 0) is 11.8 Å². The fraction of sp³-hybridized carbons (Fsp3) is 0.448. The second-order valence-electron chi connectivity index (χ2n) is 10.4. The van der Waals surface area contributed by atoms with Crippen LogP contribution in [0.5, 0.6) is 0 Å². The summed E-state index contributed by atoms with van der Waals surface area (Å²) in [6.07, 6.45) is 4.55. The molecule has 0 amide bonds. The van der Waals surface area contributed by atoms with Gasteiger partial charge in [-0.15, -0.1) is 0 Å². The van der Waals surface area contributed by atoms with Gasteiger partial charge >= 0.3 is 5.69 Å². The Bertz CT molecular complexity index is 1450. The minimum Gasteiger partial charge on any atom is -0.379 e. The van der Waals surface area contributed by atoms with Gasteiger partial charge in [-0.2, -0.15) is 5.10 Å². The van der Waals surface area contributed by atoms with E-state index in [0.717, 1.165) is 91.5 Å². The molecule has 0 radical (unpaired) electrons. The van der Waals surface area contributed by atoms with Crippen molar-refractivity contribution in [3.63, 3.8) is 0 Å². The molecule has 2 aromatic carbocycles. The highest BCUT2D eigenvalue weighted by Crippen LogP contribution is 2.38.